The Morgan fingerprint density at radius 2 is 1.83 bits per heavy atom. The number of aryl methyl sites for hydroxylation is 1. The lowest BCUT2D eigenvalue weighted by molar-refractivity contribution is 0.0985. The summed E-state index contributed by atoms with van der Waals surface area (Å²) in [6, 6.07) is 20.4. The van der Waals surface area contributed by atoms with Crippen LogP contribution in [0.5, 0.6) is 0 Å². The number of carbonyl (C=O) groups is 1. The average Bonchev–Trinajstić information content (AvgIpc) is 3.38. The number of halogens is 1. The first-order chi connectivity index (χ1) is 16.7. The number of nitrogens with zero attached hydrogens (tertiary/aromatic N) is 2. The number of anilines is 2. The molecule has 2 heterocycles. The van der Waals surface area contributed by atoms with Crippen molar-refractivity contribution in [2.24, 2.45) is 0 Å². The molecule has 35 heavy (non-hydrogen) atoms. The molecule has 0 spiro atoms. The lowest BCUT2D eigenvalue weighted by Gasteiger charge is -2.23. The van der Waals surface area contributed by atoms with E-state index < -0.39 is 10.0 Å². The van der Waals surface area contributed by atoms with Gasteiger partial charge in [-0.1, -0.05) is 33.6 Å². The van der Waals surface area contributed by atoms with Crippen LogP contribution in [0.2, 0.25) is 0 Å². The van der Waals surface area contributed by atoms with Crippen molar-refractivity contribution in [3.63, 3.8) is 0 Å². The molecule has 1 atom stereocenters. The van der Waals surface area contributed by atoms with E-state index in [2.05, 4.69) is 28.9 Å². The number of amides is 1. The van der Waals surface area contributed by atoms with Gasteiger partial charge in [-0.25, -0.2) is 8.42 Å². The van der Waals surface area contributed by atoms with Crippen LogP contribution >= 0.6 is 27.3 Å². The van der Waals surface area contributed by atoms with Gasteiger partial charge in [0, 0.05) is 27.4 Å². The molecule has 1 aromatic heterocycles. The van der Waals surface area contributed by atoms with Crippen molar-refractivity contribution in [2.75, 3.05) is 15.7 Å². The molecule has 5 rings (SSSR count). The predicted octanol–water partition coefficient (Wildman–Crippen LogP) is 6.78. The van der Waals surface area contributed by atoms with E-state index in [9.17, 15) is 13.2 Å². The van der Waals surface area contributed by atoms with Crippen molar-refractivity contribution in [1.29, 1.82) is 0 Å². The SMILES string of the molecule is CCN(c1ccc2sc(C(=O)N3c4ccc(Br)cc4CC3C)cc2c1)S(=O)(=O)c1ccc(C)cc1. The number of thiophene rings is 1. The fraction of sp³-hybridized carbons (Fsp3) is 0.222. The molecule has 8 heteroatoms. The summed E-state index contributed by atoms with van der Waals surface area (Å²) in [5, 5.41) is 0.858. The van der Waals surface area contributed by atoms with Crippen molar-refractivity contribution in [1.82, 2.24) is 0 Å². The summed E-state index contributed by atoms with van der Waals surface area (Å²) >= 11 is 4.96. The van der Waals surface area contributed by atoms with Gasteiger partial charge >= 0.3 is 0 Å². The van der Waals surface area contributed by atoms with E-state index in [0.29, 0.717) is 17.1 Å². The number of hydrogen-bond donors (Lipinski definition) is 0. The van der Waals surface area contributed by atoms with Crippen LogP contribution in [0.3, 0.4) is 0 Å². The number of benzene rings is 3. The highest BCUT2D eigenvalue weighted by Crippen LogP contribution is 2.38. The molecule has 5 nitrogen and oxygen atoms in total. The Morgan fingerprint density at radius 1 is 1.09 bits per heavy atom. The molecule has 180 valence electrons. The third kappa shape index (κ3) is 4.28. The highest BCUT2D eigenvalue weighted by Gasteiger charge is 2.32. The van der Waals surface area contributed by atoms with Crippen LogP contribution in [-0.2, 0) is 16.4 Å². The summed E-state index contributed by atoms with van der Waals surface area (Å²) in [5.41, 5.74) is 3.70. The van der Waals surface area contributed by atoms with Crippen LogP contribution < -0.4 is 9.21 Å². The van der Waals surface area contributed by atoms with E-state index in [1.165, 1.54) is 15.6 Å². The topological polar surface area (TPSA) is 57.7 Å². The molecule has 0 saturated heterocycles. The molecule has 4 aromatic rings. The minimum atomic E-state index is -3.70. The summed E-state index contributed by atoms with van der Waals surface area (Å²) in [6.07, 6.45) is 0.817. The van der Waals surface area contributed by atoms with Gasteiger partial charge in [-0.15, -0.1) is 11.3 Å². The molecule has 0 aliphatic carbocycles. The molecule has 1 amide bonds. The maximum Gasteiger partial charge on any atom is 0.268 e. The Balaban J connectivity index is 1.49. The fourth-order valence-corrected chi connectivity index (χ4v) is 7.50. The molecular weight excluding hydrogens is 544 g/mol. The average molecular weight is 570 g/mol. The first-order valence-corrected chi connectivity index (χ1v) is 14.5. The van der Waals surface area contributed by atoms with Crippen molar-refractivity contribution < 1.29 is 13.2 Å². The van der Waals surface area contributed by atoms with E-state index in [4.69, 9.17) is 0 Å². The van der Waals surface area contributed by atoms with Crippen molar-refractivity contribution >= 4 is 64.7 Å². The summed E-state index contributed by atoms with van der Waals surface area (Å²) < 4.78 is 30.0. The van der Waals surface area contributed by atoms with E-state index >= 15 is 0 Å². The van der Waals surface area contributed by atoms with Crippen LogP contribution in [0.4, 0.5) is 11.4 Å². The molecule has 1 aliphatic rings. The maximum absolute atomic E-state index is 13.5. The first-order valence-electron chi connectivity index (χ1n) is 11.4. The molecule has 0 radical (unpaired) electrons. The molecule has 1 unspecified atom stereocenters. The second kappa shape index (κ2) is 9.08. The Labute approximate surface area is 218 Å². The summed E-state index contributed by atoms with van der Waals surface area (Å²) in [5.74, 6) is -0.0269. The molecule has 0 bridgehead atoms. The van der Waals surface area contributed by atoms with E-state index in [1.807, 2.05) is 55.1 Å². The smallest absolute Gasteiger partial charge is 0.268 e. The predicted molar refractivity (Wildman–Crippen MR) is 147 cm³/mol. The second-order valence-electron chi connectivity index (χ2n) is 8.82. The highest BCUT2D eigenvalue weighted by atomic mass is 79.9. The summed E-state index contributed by atoms with van der Waals surface area (Å²) in [6.45, 7) is 6.11. The Kier molecular flexibility index (Phi) is 6.23. The minimum absolute atomic E-state index is 0.0269. The number of fused-ring (bicyclic) bond motifs is 2. The van der Waals surface area contributed by atoms with Gasteiger partial charge in [0.15, 0.2) is 0 Å². The molecule has 3 aromatic carbocycles. The Morgan fingerprint density at radius 3 is 2.54 bits per heavy atom. The van der Waals surface area contributed by atoms with Crippen LogP contribution in [0, 0.1) is 6.92 Å². The Hall–Kier alpha value is -2.68. The molecule has 0 fully saturated rings. The van der Waals surface area contributed by atoms with Gasteiger partial charge in [0.05, 0.1) is 15.5 Å². The number of rotatable bonds is 5. The van der Waals surface area contributed by atoms with Gasteiger partial charge < -0.3 is 4.90 Å². The molecular formula is C27H25BrN2O3S2. The normalized spacial score (nSPS) is 15.4. The van der Waals surface area contributed by atoms with Crippen molar-refractivity contribution in [3.05, 3.63) is 87.2 Å². The lowest BCUT2D eigenvalue weighted by atomic mass is 10.1. The van der Waals surface area contributed by atoms with Crippen LogP contribution in [0.15, 0.2) is 76.1 Å². The second-order valence-corrected chi connectivity index (χ2v) is 12.7. The van der Waals surface area contributed by atoms with Crippen molar-refractivity contribution in [2.45, 2.75) is 38.1 Å². The highest BCUT2D eigenvalue weighted by molar-refractivity contribution is 9.10. The zero-order chi connectivity index (χ0) is 24.9. The molecule has 0 N–H and O–H groups in total. The van der Waals surface area contributed by atoms with Gasteiger partial charge in [-0.05, 0) is 92.7 Å². The van der Waals surface area contributed by atoms with E-state index in [1.54, 1.807) is 24.3 Å². The summed E-state index contributed by atoms with van der Waals surface area (Å²) in [4.78, 5) is 16.3. The minimum Gasteiger partial charge on any atom is -0.304 e. The number of carbonyl (C=O) groups excluding carboxylic acids is 1. The zero-order valence-electron chi connectivity index (χ0n) is 19.7. The maximum atomic E-state index is 13.5. The van der Waals surface area contributed by atoms with Crippen molar-refractivity contribution in [3.8, 4) is 0 Å². The van der Waals surface area contributed by atoms with Crippen LogP contribution in [0.1, 0.15) is 34.6 Å². The Bertz CT molecular complexity index is 1540. The third-order valence-corrected chi connectivity index (χ3v) is 9.89. The van der Waals surface area contributed by atoms with E-state index in [-0.39, 0.29) is 16.8 Å². The monoisotopic (exact) mass is 568 g/mol. The summed E-state index contributed by atoms with van der Waals surface area (Å²) in [7, 11) is -3.70. The van der Waals surface area contributed by atoms with Gasteiger partial charge in [0.1, 0.15) is 0 Å². The first kappa shape index (κ1) is 24.0. The largest absolute Gasteiger partial charge is 0.304 e. The standard InChI is InChI=1S/C27H25BrN2O3S2/c1-4-29(35(32,33)23-9-5-17(2)6-10-23)22-8-12-25-20(15-22)16-26(34-25)27(31)30-18(3)13-19-14-21(28)7-11-24(19)30/h5-12,14-16,18H,4,13H2,1-3H3. The lowest BCUT2D eigenvalue weighted by Crippen LogP contribution is -2.35. The van der Waals surface area contributed by atoms with E-state index in [0.717, 1.165) is 37.8 Å². The molecule has 1 aliphatic heterocycles. The van der Waals surface area contributed by atoms with Gasteiger partial charge in [0.25, 0.3) is 15.9 Å². The number of hydrogen-bond acceptors (Lipinski definition) is 4. The molecule has 0 saturated carbocycles. The van der Waals surface area contributed by atoms with Crippen LogP contribution in [-0.4, -0.2) is 26.9 Å². The quantitative estimate of drug-likeness (QED) is 0.266. The van der Waals surface area contributed by atoms with Gasteiger partial charge in [-0.3, -0.25) is 9.10 Å². The van der Waals surface area contributed by atoms with Crippen LogP contribution in [0.25, 0.3) is 10.1 Å². The third-order valence-electron chi connectivity index (χ3n) is 6.37. The zero-order valence-corrected chi connectivity index (χ0v) is 22.9. The fourth-order valence-electron chi connectivity index (χ4n) is 4.65. The van der Waals surface area contributed by atoms with Gasteiger partial charge in [0.2, 0.25) is 0 Å². The van der Waals surface area contributed by atoms with Gasteiger partial charge in [-0.2, -0.15) is 0 Å². The number of sulfonamides is 1.